The van der Waals surface area contributed by atoms with Gasteiger partial charge in [0.15, 0.2) is 0 Å². The summed E-state index contributed by atoms with van der Waals surface area (Å²) >= 11 is 0. The predicted molar refractivity (Wildman–Crippen MR) is 76.1 cm³/mol. The molecule has 2 rings (SSSR count). The van der Waals surface area contributed by atoms with E-state index in [9.17, 15) is 4.39 Å². The predicted octanol–water partition coefficient (Wildman–Crippen LogP) is 2.17. The fourth-order valence-corrected chi connectivity index (χ4v) is 2.40. The number of rotatable bonds is 4. The Morgan fingerprint density at radius 2 is 2.11 bits per heavy atom. The number of hydrogen-bond donors (Lipinski definition) is 2. The van der Waals surface area contributed by atoms with Crippen LogP contribution >= 0.6 is 0 Å². The standard InChI is InChI=1S/C14H22FN3O/c1-18-5-3-10(4-6-18)9-17-13-8-14(19-2)12(16)7-11(13)15/h7-8,10,17H,3-6,9,16H2,1-2H3. The lowest BCUT2D eigenvalue weighted by molar-refractivity contribution is 0.226. The van der Waals surface area contributed by atoms with E-state index < -0.39 is 0 Å². The first-order valence-corrected chi connectivity index (χ1v) is 6.65. The largest absolute Gasteiger partial charge is 0.495 e. The van der Waals surface area contributed by atoms with Crippen LogP contribution in [0.25, 0.3) is 0 Å². The summed E-state index contributed by atoms with van der Waals surface area (Å²) in [5, 5.41) is 3.17. The fraction of sp³-hybridized carbons (Fsp3) is 0.571. The molecule has 0 amide bonds. The Morgan fingerprint density at radius 1 is 1.42 bits per heavy atom. The van der Waals surface area contributed by atoms with E-state index in [0.717, 1.165) is 32.5 Å². The Morgan fingerprint density at radius 3 is 2.74 bits per heavy atom. The molecule has 5 heteroatoms. The second kappa shape index (κ2) is 6.10. The van der Waals surface area contributed by atoms with Gasteiger partial charge in [-0.15, -0.1) is 0 Å². The van der Waals surface area contributed by atoms with Crippen molar-refractivity contribution in [3.8, 4) is 5.75 Å². The van der Waals surface area contributed by atoms with E-state index in [0.29, 0.717) is 23.0 Å². The van der Waals surface area contributed by atoms with Crippen LogP contribution in [-0.4, -0.2) is 38.7 Å². The van der Waals surface area contributed by atoms with Crippen molar-refractivity contribution in [3.63, 3.8) is 0 Å². The molecular formula is C14H22FN3O. The second-order valence-electron chi connectivity index (χ2n) is 5.20. The number of benzene rings is 1. The quantitative estimate of drug-likeness (QED) is 0.821. The summed E-state index contributed by atoms with van der Waals surface area (Å²) in [5.74, 6) is 0.776. The molecule has 1 aliphatic heterocycles. The smallest absolute Gasteiger partial charge is 0.148 e. The van der Waals surface area contributed by atoms with Gasteiger partial charge in [0.2, 0.25) is 0 Å². The van der Waals surface area contributed by atoms with E-state index in [-0.39, 0.29) is 5.82 Å². The van der Waals surface area contributed by atoms with E-state index in [4.69, 9.17) is 10.5 Å². The van der Waals surface area contributed by atoms with Crippen molar-refractivity contribution in [1.82, 2.24) is 4.90 Å². The van der Waals surface area contributed by atoms with Crippen molar-refractivity contribution < 1.29 is 9.13 Å². The Bertz CT molecular complexity index is 431. The summed E-state index contributed by atoms with van der Waals surface area (Å²) in [6.45, 7) is 3.01. The summed E-state index contributed by atoms with van der Waals surface area (Å²) in [5.41, 5.74) is 6.44. The Kier molecular flexibility index (Phi) is 4.47. The molecule has 1 fully saturated rings. The molecule has 0 bridgehead atoms. The first kappa shape index (κ1) is 13.9. The van der Waals surface area contributed by atoms with Gasteiger partial charge < -0.3 is 20.7 Å². The zero-order valence-corrected chi connectivity index (χ0v) is 11.6. The number of methoxy groups -OCH3 is 1. The van der Waals surface area contributed by atoms with Crippen LogP contribution in [0, 0.1) is 11.7 Å². The molecule has 106 valence electrons. The minimum Gasteiger partial charge on any atom is -0.495 e. The monoisotopic (exact) mass is 267 g/mol. The normalized spacial score (nSPS) is 17.4. The zero-order valence-electron chi connectivity index (χ0n) is 11.6. The average molecular weight is 267 g/mol. The van der Waals surface area contributed by atoms with Gasteiger partial charge in [-0.05, 0) is 38.9 Å². The molecule has 0 aromatic heterocycles. The van der Waals surface area contributed by atoms with Crippen molar-refractivity contribution in [2.75, 3.05) is 44.8 Å². The summed E-state index contributed by atoms with van der Waals surface area (Å²) in [4.78, 5) is 2.32. The number of nitrogens with two attached hydrogens (primary N) is 1. The number of ether oxygens (including phenoxy) is 1. The fourth-order valence-electron chi connectivity index (χ4n) is 2.40. The van der Waals surface area contributed by atoms with Crippen LogP contribution in [0.3, 0.4) is 0 Å². The molecule has 4 nitrogen and oxygen atoms in total. The van der Waals surface area contributed by atoms with Gasteiger partial charge in [-0.3, -0.25) is 0 Å². The molecule has 1 saturated heterocycles. The summed E-state index contributed by atoms with van der Waals surface area (Å²) in [6.07, 6.45) is 2.30. The molecule has 0 aliphatic carbocycles. The highest BCUT2D eigenvalue weighted by Gasteiger charge is 2.17. The third-order valence-corrected chi connectivity index (χ3v) is 3.74. The molecule has 1 aromatic carbocycles. The first-order valence-electron chi connectivity index (χ1n) is 6.65. The van der Waals surface area contributed by atoms with E-state index in [1.807, 2.05) is 0 Å². The number of nitrogens with one attached hydrogen (secondary N) is 1. The number of nitrogen functional groups attached to an aromatic ring is 1. The Balaban J connectivity index is 1.95. The van der Waals surface area contributed by atoms with E-state index in [2.05, 4.69) is 17.3 Å². The maximum absolute atomic E-state index is 13.8. The molecule has 19 heavy (non-hydrogen) atoms. The highest BCUT2D eigenvalue weighted by molar-refractivity contribution is 5.62. The van der Waals surface area contributed by atoms with Crippen LogP contribution < -0.4 is 15.8 Å². The number of likely N-dealkylation sites (tertiary alicyclic amines) is 1. The Labute approximate surface area is 113 Å². The van der Waals surface area contributed by atoms with Crippen molar-refractivity contribution in [1.29, 1.82) is 0 Å². The number of nitrogens with zero attached hydrogens (tertiary/aromatic N) is 1. The van der Waals surface area contributed by atoms with Gasteiger partial charge in [-0.1, -0.05) is 0 Å². The second-order valence-corrected chi connectivity index (χ2v) is 5.20. The van der Waals surface area contributed by atoms with Crippen LogP contribution in [0.15, 0.2) is 12.1 Å². The van der Waals surface area contributed by atoms with Crippen LogP contribution in [-0.2, 0) is 0 Å². The number of anilines is 2. The van der Waals surface area contributed by atoms with Gasteiger partial charge in [0.25, 0.3) is 0 Å². The molecule has 0 atom stereocenters. The number of hydrogen-bond acceptors (Lipinski definition) is 4. The molecule has 1 aliphatic rings. The molecule has 1 aromatic rings. The van der Waals surface area contributed by atoms with Gasteiger partial charge in [0.05, 0.1) is 18.5 Å². The summed E-state index contributed by atoms with van der Waals surface area (Å²) in [6, 6.07) is 2.93. The zero-order chi connectivity index (χ0) is 13.8. The maximum atomic E-state index is 13.8. The van der Waals surface area contributed by atoms with Crippen LogP contribution in [0.5, 0.6) is 5.75 Å². The molecule has 0 radical (unpaired) electrons. The minimum atomic E-state index is -0.328. The van der Waals surface area contributed by atoms with E-state index in [1.54, 1.807) is 6.07 Å². The van der Waals surface area contributed by atoms with Crippen LogP contribution in [0.1, 0.15) is 12.8 Å². The molecule has 0 saturated carbocycles. The highest BCUT2D eigenvalue weighted by atomic mass is 19.1. The van der Waals surface area contributed by atoms with Gasteiger partial charge in [-0.25, -0.2) is 4.39 Å². The average Bonchev–Trinajstić information content (AvgIpc) is 2.40. The highest BCUT2D eigenvalue weighted by Crippen LogP contribution is 2.28. The summed E-state index contributed by atoms with van der Waals surface area (Å²) < 4.78 is 18.9. The van der Waals surface area contributed by atoms with Crippen molar-refractivity contribution in [2.24, 2.45) is 5.92 Å². The Hall–Kier alpha value is -1.49. The summed E-state index contributed by atoms with van der Waals surface area (Å²) in [7, 11) is 3.67. The molecule has 0 unspecified atom stereocenters. The van der Waals surface area contributed by atoms with Crippen molar-refractivity contribution in [2.45, 2.75) is 12.8 Å². The van der Waals surface area contributed by atoms with Crippen molar-refractivity contribution in [3.05, 3.63) is 17.9 Å². The topological polar surface area (TPSA) is 50.5 Å². The lowest BCUT2D eigenvalue weighted by Crippen LogP contribution is -2.33. The number of piperidine rings is 1. The maximum Gasteiger partial charge on any atom is 0.148 e. The van der Waals surface area contributed by atoms with E-state index in [1.165, 1.54) is 13.2 Å². The molecule has 1 heterocycles. The third kappa shape index (κ3) is 3.50. The first-order chi connectivity index (χ1) is 9.10. The van der Waals surface area contributed by atoms with Gasteiger partial charge >= 0.3 is 0 Å². The molecule has 0 spiro atoms. The van der Waals surface area contributed by atoms with Gasteiger partial charge in [0, 0.05) is 18.7 Å². The van der Waals surface area contributed by atoms with Crippen LogP contribution in [0.4, 0.5) is 15.8 Å². The molecule has 3 N–H and O–H groups in total. The van der Waals surface area contributed by atoms with Gasteiger partial charge in [0.1, 0.15) is 11.6 Å². The molecular weight excluding hydrogens is 245 g/mol. The van der Waals surface area contributed by atoms with Gasteiger partial charge in [-0.2, -0.15) is 0 Å². The van der Waals surface area contributed by atoms with E-state index >= 15 is 0 Å². The SMILES string of the molecule is COc1cc(NCC2CCN(C)CC2)c(F)cc1N. The van der Waals surface area contributed by atoms with Crippen LogP contribution in [0.2, 0.25) is 0 Å². The number of halogens is 1. The third-order valence-electron chi connectivity index (χ3n) is 3.74. The lowest BCUT2D eigenvalue weighted by Gasteiger charge is -2.29. The minimum absolute atomic E-state index is 0.324. The lowest BCUT2D eigenvalue weighted by atomic mass is 9.97. The van der Waals surface area contributed by atoms with Crippen molar-refractivity contribution >= 4 is 11.4 Å².